The number of unbranched alkanes of at least 4 members (excludes halogenated alkanes) is 11. The molecule has 0 bridgehead atoms. The first kappa shape index (κ1) is 22.5. The van der Waals surface area contributed by atoms with E-state index < -0.39 is 5.97 Å². The van der Waals surface area contributed by atoms with Gasteiger partial charge in [-0.1, -0.05) is 116 Å². The first-order valence-electron chi connectivity index (χ1n) is 11.5. The molecule has 1 aliphatic carbocycles. The van der Waals surface area contributed by atoms with Crippen LogP contribution in [-0.4, -0.2) is 11.1 Å². The third-order valence-corrected chi connectivity index (χ3v) is 6.18. The average Bonchev–Trinajstić information content (AvgIpc) is 2.62. The van der Waals surface area contributed by atoms with E-state index in [1.165, 1.54) is 109 Å². The molecular weight excluding hydrogens is 308 g/mol. The second-order valence-corrected chi connectivity index (χ2v) is 8.43. The fourth-order valence-corrected chi connectivity index (χ4v) is 4.58. The SMILES string of the molecule is CCCCCCCCCCCCCCC(CC(=O)O)C1CCCCC1. The van der Waals surface area contributed by atoms with E-state index in [1.807, 2.05) is 0 Å². The normalized spacial score (nSPS) is 16.8. The first-order chi connectivity index (χ1) is 12.2. The molecule has 0 radical (unpaired) electrons. The lowest BCUT2D eigenvalue weighted by Gasteiger charge is -2.29. The van der Waals surface area contributed by atoms with Crippen molar-refractivity contribution < 1.29 is 9.90 Å². The molecule has 0 aromatic heterocycles. The van der Waals surface area contributed by atoms with Crippen LogP contribution in [0.2, 0.25) is 0 Å². The maximum atomic E-state index is 11.2. The van der Waals surface area contributed by atoms with Crippen molar-refractivity contribution in [2.24, 2.45) is 11.8 Å². The molecule has 1 N–H and O–H groups in total. The molecule has 25 heavy (non-hydrogen) atoms. The molecule has 1 aliphatic rings. The predicted molar refractivity (Wildman–Crippen MR) is 108 cm³/mol. The summed E-state index contributed by atoms with van der Waals surface area (Å²) in [6.07, 6.45) is 24.6. The minimum Gasteiger partial charge on any atom is -0.481 e. The fraction of sp³-hybridized carbons (Fsp3) is 0.957. The Morgan fingerprint density at radius 2 is 1.28 bits per heavy atom. The van der Waals surface area contributed by atoms with Crippen LogP contribution in [0.5, 0.6) is 0 Å². The van der Waals surface area contributed by atoms with Crippen molar-refractivity contribution in [3.05, 3.63) is 0 Å². The van der Waals surface area contributed by atoms with E-state index in [9.17, 15) is 9.90 Å². The zero-order valence-electron chi connectivity index (χ0n) is 16.9. The number of carboxylic acid groups (broad SMARTS) is 1. The summed E-state index contributed by atoms with van der Waals surface area (Å²) >= 11 is 0. The number of rotatable bonds is 16. The maximum absolute atomic E-state index is 11.2. The van der Waals surface area contributed by atoms with Gasteiger partial charge in [-0.3, -0.25) is 4.79 Å². The van der Waals surface area contributed by atoms with Crippen LogP contribution in [0.1, 0.15) is 129 Å². The molecule has 0 aromatic rings. The van der Waals surface area contributed by atoms with Gasteiger partial charge in [0.25, 0.3) is 0 Å². The standard InChI is InChI=1S/C23H44O2/c1-2-3-4-5-6-7-8-9-10-11-12-14-19-22(20-23(24)25)21-17-15-13-16-18-21/h21-22H,2-20H2,1H3,(H,24,25). The second-order valence-electron chi connectivity index (χ2n) is 8.43. The molecule has 0 spiro atoms. The van der Waals surface area contributed by atoms with E-state index in [0.717, 1.165) is 6.42 Å². The average molecular weight is 353 g/mol. The quantitative estimate of drug-likeness (QED) is 0.288. The largest absolute Gasteiger partial charge is 0.481 e. The van der Waals surface area contributed by atoms with Crippen molar-refractivity contribution in [3.8, 4) is 0 Å². The molecule has 1 fully saturated rings. The van der Waals surface area contributed by atoms with Crippen LogP contribution in [0, 0.1) is 11.8 Å². The Bertz CT molecular complexity index is 307. The number of aliphatic carboxylic acids is 1. The number of carboxylic acids is 1. The number of hydrogen-bond acceptors (Lipinski definition) is 1. The third-order valence-electron chi connectivity index (χ3n) is 6.18. The summed E-state index contributed by atoms with van der Waals surface area (Å²) in [6, 6.07) is 0. The summed E-state index contributed by atoms with van der Waals surface area (Å²) in [6.45, 7) is 2.28. The summed E-state index contributed by atoms with van der Waals surface area (Å²) in [4.78, 5) is 11.2. The zero-order valence-corrected chi connectivity index (χ0v) is 16.9. The van der Waals surface area contributed by atoms with Gasteiger partial charge in [-0.25, -0.2) is 0 Å². The molecule has 0 aromatic carbocycles. The molecule has 1 atom stereocenters. The molecule has 0 heterocycles. The van der Waals surface area contributed by atoms with Gasteiger partial charge in [0.15, 0.2) is 0 Å². The Labute approximate surface area is 157 Å². The van der Waals surface area contributed by atoms with Crippen LogP contribution in [0.25, 0.3) is 0 Å². The zero-order chi connectivity index (χ0) is 18.2. The molecule has 0 amide bonds. The number of carbonyl (C=O) groups is 1. The van der Waals surface area contributed by atoms with Crippen LogP contribution in [0.3, 0.4) is 0 Å². The van der Waals surface area contributed by atoms with Gasteiger partial charge in [-0.15, -0.1) is 0 Å². The Morgan fingerprint density at radius 3 is 1.76 bits per heavy atom. The highest BCUT2D eigenvalue weighted by Crippen LogP contribution is 2.34. The van der Waals surface area contributed by atoms with Crippen molar-refractivity contribution in [3.63, 3.8) is 0 Å². The van der Waals surface area contributed by atoms with Gasteiger partial charge in [-0.2, -0.15) is 0 Å². The van der Waals surface area contributed by atoms with E-state index in [4.69, 9.17) is 0 Å². The Morgan fingerprint density at radius 1 is 0.800 bits per heavy atom. The Kier molecular flexibility index (Phi) is 14.1. The monoisotopic (exact) mass is 352 g/mol. The second kappa shape index (κ2) is 15.7. The number of hydrogen-bond donors (Lipinski definition) is 1. The highest BCUT2D eigenvalue weighted by Gasteiger charge is 2.25. The summed E-state index contributed by atoms with van der Waals surface area (Å²) < 4.78 is 0. The van der Waals surface area contributed by atoms with Crippen LogP contribution in [0.4, 0.5) is 0 Å². The maximum Gasteiger partial charge on any atom is 0.303 e. The van der Waals surface area contributed by atoms with Gasteiger partial charge >= 0.3 is 5.97 Å². The molecular formula is C23H44O2. The van der Waals surface area contributed by atoms with E-state index in [0.29, 0.717) is 18.3 Å². The van der Waals surface area contributed by atoms with Gasteiger partial charge in [0.1, 0.15) is 0 Å². The van der Waals surface area contributed by atoms with Gasteiger partial charge in [0, 0.05) is 6.42 Å². The molecule has 1 unspecified atom stereocenters. The van der Waals surface area contributed by atoms with E-state index in [1.54, 1.807) is 0 Å². The summed E-state index contributed by atoms with van der Waals surface area (Å²) in [5, 5.41) is 9.21. The lowest BCUT2D eigenvalue weighted by atomic mass is 9.76. The Balaban J connectivity index is 1.97. The molecule has 1 saturated carbocycles. The third kappa shape index (κ3) is 12.5. The molecule has 2 nitrogen and oxygen atoms in total. The lowest BCUT2D eigenvalue weighted by molar-refractivity contribution is -0.138. The minimum atomic E-state index is -0.588. The van der Waals surface area contributed by atoms with Gasteiger partial charge in [-0.05, 0) is 18.3 Å². The van der Waals surface area contributed by atoms with Crippen molar-refractivity contribution in [1.29, 1.82) is 0 Å². The fourth-order valence-electron chi connectivity index (χ4n) is 4.58. The summed E-state index contributed by atoms with van der Waals surface area (Å²) in [7, 11) is 0. The topological polar surface area (TPSA) is 37.3 Å². The van der Waals surface area contributed by atoms with Crippen molar-refractivity contribution in [1.82, 2.24) is 0 Å². The van der Waals surface area contributed by atoms with Crippen molar-refractivity contribution in [2.75, 3.05) is 0 Å². The molecule has 148 valence electrons. The van der Waals surface area contributed by atoms with Gasteiger partial charge in [0.05, 0.1) is 0 Å². The highest BCUT2D eigenvalue weighted by molar-refractivity contribution is 5.67. The van der Waals surface area contributed by atoms with E-state index >= 15 is 0 Å². The first-order valence-corrected chi connectivity index (χ1v) is 11.5. The summed E-state index contributed by atoms with van der Waals surface area (Å²) in [5.74, 6) is 0.549. The molecule has 0 saturated heterocycles. The van der Waals surface area contributed by atoms with Crippen LogP contribution >= 0.6 is 0 Å². The van der Waals surface area contributed by atoms with Crippen LogP contribution in [-0.2, 0) is 4.79 Å². The van der Waals surface area contributed by atoms with Crippen LogP contribution in [0.15, 0.2) is 0 Å². The molecule has 0 aliphatic heterocycles. The van der Waals surface area contributed by atoms with E-state index in [2.05, 4.69) is 6.92 Å². The van der Waals surface area contributed by atoms with Crippen molar-refractivity contribution in [2.45, 2.75) is 129 Å². The van der Waals surface area contributed by atoms with E-state index in [-0.39, 0.29) is 0 Å². The predicted octanol–water partition coefficient (Wildman–Crippen LogP) is 7.75. The minimum absolute atomic E-state index is 0.405. The van der Waals surface area contributed by atoms with Crippen molar-refractivity contribution >= 4 is 5.97 Å². The van der Waals surface area contributed by atoms with Gasteiger partial charge in [0.2, 0.25) is 0 Å². The smallest absolute Gasteiger partial charge is 0.303 e. The Hall–Kier alpha value is -0.530. The summed E-state index contributed by atoms with van der Waals surface area (Å²) in [5.41, 5.74) is 0. The lowest BCUT2D eigenvalue weighted by Crippen LogP contribution is -2.21. The van der Waals surface area contributed by atoms with Crippen LogP contribution < -0.4 is 0 Å². The highest BCUT2D eigenvalue weighted by atomic mass is 16.4. The van der Waals surface area contributed by atoms with Gasteiger partial charge < -0.3 is 5.11 Å². The molecule has 2 heteroatoms. The molecule has 1 rings (SSSR count).